The number of likely N-dealkylation sites (tertiary alicyclic amines) is 1. The van der Waals surface area contributed by atoms with Crippen molar-refractivity contribution in [2.45, 2.75) is 51.6 Å². The number of carbonyl (C=O) groups excluding carboxylic acids is 2. The summed E-state index contributed by atoms with van der Waals surface area (Å²) < 4.78 is 10.1. The van der Waals surface area contributed by atoms with E-state index in [4.69, 9.17) is 9.47 Å². The van der Waals surface area contributed by atoms with Gasteiger partial charge < -0.3 is 19.7 Å². The third-order valence-corrected chi connectivity index (χ3v) is 4.81. The van der Waals surface area contributed by atoms with E-state index < -0.39 is 12.1 Å². The molecule has 0 spiro atoms. The first kappa shape index (κ1) is 17.1. The van der Waals surface area contributed by atoms with Crippen molar-refractivity contribution in [2.75, 3.05) is 26.9 Å². The Kier molecular flexibility index (Phi) is 6.06. The molecule has 0 aromatic rings. The second kappa shape index (κ2) is 7.81. The highest BCUT2D eigenvalue weighted by atomic mass is 16.5. The topological polar surface area (TPSA) is 67.9 Å². The van der Waals surface area contributed by atoms with E-state index in [1.54, 1.807) is 0 Å². The summed E-state index contributed by atoms with van der Waals surface area (Å²) in [6.45, 7) is 6.36. The minimum Gasteiger partial charge on any atom is -0.453 e. The number of ether oxygens (including phenoxy) is 2. The zero-order valence-corrected chi connectivity index (χ0v) is 13.8. The molecule has 2 rings (SSSR count). The molecule has 6 heteroatoms. The summed E-state index contributed by atoms with van der Waals surface area (Å²) in [6.07, 6.45) is 3.13. The first-order valence-corrected chi connectivity index (χ1v) is 8.27. The minimum absolute atomic E-state index is 0.0356. The fourth-order valence-corrected chi connectivity index (χ4v) is 3.55. The highest BCUT2D eigenvalue weighted by Gasteiger charge is 2.39. The van der Waals surface area contributed by atoms with Crippen molar-refractivity contribution in [2.24, 2.45) is 11.8 Å². The molecule has 2 heterocycles. The number of hydrogen-bond acceptors (Lipinski definition) is 4. The lowest BCUT2D eigenvalue weighted by atomic mass is 9.90. The Hall–Kier alpha value is -1.30. The molecule has 1 N–H and O–H groups in total. The average Bonchev–Trinajstić information content (AvgIpc) is 3.02. The molecule has 2 aliphatic rings. The highest BCUT2D eigenvalue weighted by Crippen LogP contribution is 2.27. The van der Waals surface area contributed by atoms with Crippen molar-refractivity contribution in [3.63, 3.8) is 0 Å². The van der Waals surface area contributed by atoms with Crippen LogP contribution in [0.1, 0.15) is 39.5 Å². The molecule has 2 aliphatic heterocycles. The Morgan fingerprint density at radius 2 is 1.91 bits per heavy atom. The van der Waals surface area contributed by atoms with Gasteiger partial charge in [0, 0.05) is 25.8 Å². The summed E-state index contributed by atoms with van der Waals surface area (Å²) in [7, 11) is 1.33. The molecule has 2 fully saturated rings. The largest absolute Gasteiger partial charge is 0.453 e. The van der Waals surface area contributed by atoms with E-state index in [-0.39, 0.29) is 17.9 Å². The molecule has 2 amide bonds. The van der Waals surface area contributed by atoms with E-state index in [1.807, 2.05) is 4.90 Å². The highest BCUT2D eigenvalue weighted by molar-refractivity contribution is 5.86. The van der Waals surface area contributed by atoms with Gasteiger partial charge in [-0.05, 0) is 37.5 Å². The van der Waals surface area contributed by atoms with E-state index in [9.17, 15) is 9.59 Å². The van der Waals surface area contributed by atoms with E-state index in [2.05, 4.69) is 19.2 Å². The van der Waals surface area contributed by atoms with Gasteiger partial charge >= 0.3 is 6.09 Å². The maximum Gasteiger partial charge on any atom is 0.407 e. The van der Waals surface area contributed by atoms with Gasteiger partial charge in [0.1, 0.15) is 6.04 Å². The molecular weight excluding hydrogens is 284 g/mol. The van der Waals surface area contributed by atoms with Gasteiger partial charge in [0.25, 0.3) is 0 Å². The molecule has 2 saturated heterocycles. The van der Waals surface area contributed by atoms with Crippen molar-refractivity contribution < 1.29 is 19.1 Å². The number of amides is 2. The molecule has 0 bridgehead atoms. The van der Waals surface area contributed by atoms with Crippen LogP contribution in [0, 0.1) is 11.8 Å². The van der Waals surface area contributed by atoms with E-state index >= 15 is 0 Å². The van der Waals surface area contributed by atoms with Crippen LogP contribution in [0.4, 0.5) is 4.79 Å². The minimum atomic E-state index is -0.537. The zero-order chi connectivity index (χ0) is 16.1. The predicted octanol–water partition coefficient (Wildman–Crippen LogP) is 1.78. The summed E-state index contributed by atoms with van der Waals surface area (Å²) in [5.74, 6) is 0.585. The Morgan fingerprint density at radius 1 is 1.23 bits per heavy atom. The molecule has 0 aromatic carbocycles. The molecule has 6 nitrogen and oxygen atoms in total. The van der Waals surface area contributed by atoms with Crippen LogP contribution in [0.25, 0.3) is 0 Å². The Bertz CT molecular complexity index is 394. The van der Waals surface area contributed by atoms with Crippen molar-refractivity contribution in [1.29, 1.82) is 0 Å². The summed E-state index contributed by atoms with van der Waals surface area (Å²) in [5, 5.41) is 2.76. The molecule has 22 heavy (non-hydrogen) atoms. The molecular formula is C16H28N2O4. The van der Waals surface area contributed by atoms with E-state index in [0.29, 0.717) is 19.1 Å². The van der Waals surface area contributed by atoms with Gasteiger partial charge in [-0.3, -0.25) is 4.79 Å². The fraction of sp³-hybridized carbons (Fsp3) is 0.875. The Morgan fingerprint density at radius 3 is 2.50 bits per heavy atom. The first-order valence-electron chi connectivity index (χ1n) is 8.27. The van der Waals surface area contributed by atoms with Gasteiger partial charge in [0.15, 0.2) is 0 Å². The normalized spacial score (nSPS) is 24.4. The average molecular weight is 312 g/mol. The SMILES string of the molecule is COC(=O)N[C@H](C(=O)N1CCC[C@H]1C(C)C)C1CCOCC1. The van der Waals surface area contributed by atoms with Gasteiger partial charge in [-0.1, -0.05) is 13.8 Å². The number of carbonyl (C=O) groups is 2. The van der Waals surface area contributed by atoms with Gasteiger partial charge in [-0.15, -0.1) is 0 Å². The summed E-state index contributed by atoms with van der Waals surface area (Å²) in [6, 6.07) is -0.231. The second-order valence-electron chi connectivity index (χ2n) is 6.55. The number of rotatable bonds is 4. The van der Waals surface area contributed by atoms with Crippen molar-refractivity contribution >= 4 is 12.0 Å². The third-order valence-electron chi connectivity index (χ3n) is 4.81. The Labute approximate surface area is 132 Å². The molecule has 0 radical (unpaired) electrons. The van der Waals surface area contributed by atoms with E-state index in [1.165, 1.54) is 7.11 Å². The van der Waals surface area contributed by atoms with Crippen LogP contribution < -0.4 is 5.32 Å². The summed E-state index contributed by atoms with van der Waals surface area (Å²) in [5.41, 5.74) is 0. The van der Waals surface area contributed by atoms with Crippen LogP contribution in [-0.2, 0) is 14.3 Å². The van der Waals surface area contributed by atoms with Crippen LogP contribution in [0.15, 0.2) is 0 Å². The van der Waals surface area contributed by atoms with Crippen molar-refractivity contribution in [1.82, 2.24) is 10.2 Å². The second-order valence-corrected chi connectivity index (χ2v) is 6.55. The van der Waals surface area contributed by atoms with Crippen LogP contribution in [0.3, 0.4) is 0 Å². The van der Waals surface area contributed by atoms with Crippen LogP contribution in [0.2, 0.25) is 0 Å². The van der Waals surface area contributed by atoms with Crippen molar-refractivity contribution in [3.05, 3.63) is 0 Å². The van der Waals surface area contributed by atoms with E-state index in [0.717, 1.165) is 32.2 Å². The van der Waals surface area contributed by atoms with Gasteiger partial charge in [0.2, 0.25) is 5.91 Å². The molecule has 0 unspecified atom stereocenters. The number of nitrogens with zero attached hydrogens (tertiary/aromatic N) is 1. The van der Waals surface area contributed by atoms with Gasteiger partial charge in [-0.2, -0.15) is 0 Å². The number of nitrogens with one attached hydrogen (secondary N) is 1. The molecule has 126 valence electrons. The van der Waals surface area contributed by atoms with Crippen LogP contribution in [-0.4, -0.2) is 55.9 Å². The molecule has 0 aromatic heterocycles. The lowest BCUT2D eigenvalue weighted by molar-refractivity contribution is -0.137. The lowest BCUT2D eigenvalue weighted by Crippen LogP contribution is -2.55. The van der Waals surface area contributed by atoms with Gasteiger partial charge in [0.05, 0.1) is 7.11 Å². The monoisotopic (exact) mass is 312 g/mol. The predicted molar refractivity (Wildman–Crippen MR) is 82.4 cm³/mol. The third kappa shape index (κ3) is 3.91. The number of hydrogen-bond donors (Lipinski definition) is 1. The first-order chi connectivity index (χ1) is 10.5. The summed E-state index contributed by atoms with van der Waals surface area (Å²) >= 11 is 0. The Balaban J connectivity index is 2.12. The zero-order valence-electron chi connectivity index (χ0n) is 13.8. The number of methoxy groups -OCH3 is 1. The molecule has 0 saturated carbocycles. The summed E-state index contributed by atoms with van der Waals surface area (Å²) in [4.78, 5) is 26.6. The lowest BCUT2D eigenvalue weighted by Gasteiger charge is -2.35. The smallest absolute Gasteiger partial charge is 0.407 e. The standard InChI is InChI=1S/C16H28N2O4/c1-11(2)13-5-4-8-18(13)15(19)14(17-16(20)21-3)12-6-9-22-10-7-12/h11-14H,4-10H2,1-3H3,(H,17,20)/t13-,14-/m0/s1. The van der Waals surface area contributed by atoms with Crippen molar-refractivity contribution in [3.8, 4) is 0 Å². The maximum atomic E-state index is 13.0. The molecule has 0 aliphatic carbocycles. The fourth-order valence-electron chi connectivity index (χ4n) is 3.55. The maximum absolute atomic E-state index is 13.0. The van der Waals surface area contributed by atoms with Gasteiger partial charge in [-0.25, -0.2) is 4.79 Å². The quantitative estimate of drug-likeness (QED) is 0.859. The number of alkyl carbamates (subject to hydrolysis) is 1. The van der Waals surface area contributed by atoms with Crippen LogP contribution >= 0.6 is 0 Å². The molecule has 2 atom stereocenters. The van der Waals surface area contributed by atoms with Crippen LogP contribution in [0.5, 0.6) is 0 Å².